The fourth-order valence-corrected chi connectivity index (χ4v) is 4.72. The van der Waals surface area contributed by atoms with Gasteiger partial charge >= 0.3 is 0 Å². The Morgan fingerprint density at radius 2 is 1.29 bits per heavy atom. The summed E-state index contributed by atoms with van der Waals surface area (Å²) in [5, 5.41) is 8.76. The lowest BCUT2D eigenvalue weighted by Crippen LogP contribution is -2.31. The second-order valence-corrected chi connectivity index (χ2v) is 10.6. The summed E-state index contributed by atoms with van der Waals surface area (Å²) in [6.45, 7) is 2.87. The first-order valence-corrected chi connectivity index (χ1v) is 15.4. The van der Waals surface area contributed by atoms with Crippen molar-refractivity contribution in [2.24, 2.45) is 0 Å². The zero-order valence-corrected chi connectivity index (χ0v) is 24.7. The van der Waals surface area contributed by atoms with Gasteiger partial charge in [-0.2, -0.15) is 5.53 Å². The standard InChI is InChI=1S/C32H48N6O4/c39-30(33-21-12-22-35-32(41)27-19-17-26(18-20-27)29-25-36-38-37-29)15-10-5-3-1-2-4-6-11-16-31(40)34-23-24-42-28-13-8-7-9-14-28/h7-9,13-14,17-20,29,36-38H,1-6,10-12,15-16,21-25H2,(H,33,39)(H,34,40)(H,35,41). The quantitative estimate of drug-likeness (QED) is 0.124. The lowest BCUT2D eigenvalue weighted by molar-refractivity contribution is -0.122. The van der Waals surface area contributed by atoms with E-state index in [0.717, 1.165) is 56.4 Å². The van der Waals surface area contributed by atoms with Crippen molar-refractivity contribution < 1.29 is 19.1 Å². The van der Waals surface area contributed by atoms with Crippen LogP contribution in [0.5, 0.6) is 5.75 Å². The van der Waals surface area contributed by atoms with Crippen molar-refractivity contribution in [3.63, 3.8) is 0 Å². The summed E-state index contributed by atoms with van der Waals surface area (Å²) in [5.74, 6) is 0.876. The first kappa shape index (κ1) is 33.0. The predicted octanol–water partition coefficient (Wildman–Crippen LogP) is 3.67. The lowest BCUT2D eigenvalue weighted by Gasteiger charge is -2.10. The highest BCUT2D eigenvalue weighted by atomic mass is 16.5. The Bertz CT molecular complexity index is 1040. The third kappa shape index (κ3) is 13.9. The van der Waals surface area contributed by atoms with Crippen molar-refractivity contribution in [2.45, 2.75) is 76.7 Å². The molecule has 1 heterocycles. The molecule has 3 amide bonds. The molecule has 1 aliphatic heterocycles. The minimum Gasteiger partial charge on any atom is -0.492 e. The van der Waals surface area contributed by atoms with Crippen LogP contribution in [0.4, 0.5) is 0 Å². The van der Waals surface area contributed by atoms with E-state index in [2.05, 4.69) is 32.3 Å². The zero-order valence-electron chi connectivity index (χ0n) is 24.7. The van der Waals surface area contributed by atoms with Gasteiger partial charge in [0.05, 0.1) is 12.6 Å². The fourth-order valence-electron chi connectivity index (χ4n) is 4.72. The van der Waals surface area contributed by atoms with E-state index in [1.807, 2.05) is 54.6 Å². The van der Waals surface area contributed by atoms with Crippen molar-refractivity contribution in [3.05, 3.63) is 65.7 Å². The number of hydrazine groups is 2. The number of carbonyl (C=O) groups excluding carboxylic acids is 3. The molecule has 0 bridgehead atoms. The van der Waals surface area contributed by atoms with E-state index < -0.39 is 0 Å². The number of benzene rings is 2. The van der Waals surface area contributed by atoms with Gasteiger partial charge in [0.1, 0.15) is 12.4 Å². The minimum absolute atomic E-state index is 0.0753. The van der Waals surface area contributed by atoms with E-state index in [-0.39, 0.29) is 23.8 Å². The Labute approximate surface area is 250 Å². The van der Waals surface area contributed by atoms with E-state index in [0.29, 0.717) is 51.1 Å². The smallest absolute Gasteiger partial charge is 0.251 e. The van der Waals surface area contributed by atoms with E-state index in [1.54, 1.807) is 0 Å². The van der Waals surface area contributed by atoms with Crippen molar-refractivity contribution in [2.75, 3.05) is 32.8 Å². The molecule has 6 N–H and O–H groups in total. The van der Waals surface area contributed by atoms with Gasteiger partial charge in [-0.3, -0.25) is 14.4 Å². The van der Waals surface area contributed by atoms with Crippen LogP contribution in [0.1, 0.15) is 92.6 Å². The monoisotopic (exact) mass is 580 g/mol. The molecule has 3 rings (SSSR count). The average molecular weight is 581 g/mol. The molecule has 2 aromatic rings. The number of nitrogens with one attached hydrogen (secondary N) is 6. The molecule has 10 nitrogen and oxygen atoms in total. The van der Waals surface area contributed by atoms with Crippen LogP contribution in [-0.2, 0) is 9.59 Å². The number of amides is 3. The van der Waals surface area contributed by atoms with Gasteiger partial charge in [-0.25, -0.2) is 10.9 Å². The number of unbranched alkanes of at least 4 members (excludes halogenated alkanes) is 7. The molecule has 0 aromatic heterocycles. The molecule has 2 aromatic carbocycles. The largest absolute Gasteiger partial charge is 0.492 e. The normalized spacial score (nSPS) is 14.3. The highest BCUT2D eigenvalue weighted by molar-refractivity contribution is 5.94. The molecule has 1 fully saturated rings. The Balaban J connectivity index is 1.05. The first-order valence-electron chi connectivity index (χ1n) is 15.4. The number of carbonyl (C=O) groups is 3. The molecule has 0 saturated carbocycles. The fraction of sp³-hybridized carbons (Fsp3) is 0.531. The van der Waals surface area contributed by atoms with Gasteiger partial charge in [-0.15, -0.1) is 0 Å². The van der Waals surface area contributed by atoms with Crippen molar-refractivity contribution in [1.82, 2.24) is 32.3 Å². The molecule has 10 heteroatoms. The number of para-hydroxylation sites is 1. The third-order valence-electron chi connectivity index (χ3n) is 7.17. The summed E-state index contributed by atoms with van der Waals surface area (Å²) in [6.07, 6.45) is 10.3. The second kappa shape index (κ2) is 20.4. The lowest BCUT2D eigenvalue weighted by atomic mass is 10.1. The third-order valence-corrected chi connectivity index (χ3v) is 7.17. The summed E-state index contributed by atoms with van der Waals surface area (Å²) in [4.78, 5) is 36.3. The van der Waals surface area contributed by atoms with E-state index in [1.165, 1.54) is 12.8 Å². The average Bonchev–Trinajstić information content (AvgIpc) is 3.56. The molecule has 0 spiro atoms. The van der Waals surface area contributed by atoms with Crippen molar-refractivity contribution in [1.29, 1.82) is 0 Å². The maximum Gasteiger partial charge on any atom is 0.251 e. The summed E-state index contributed by atoms with van der Waals surface area (Å²) in [7, 11) is 0. The topological polar surface area (TPSA) is 133 Å². The molecule has 0 radical (unpaired) electrons. The van der Waals surface area contributed by atoms with Crippen LogP contribution in [0, 0.1) is 0 Å². The Morgan fingerprint density at radius 1 is 0.690 bits per heavy atom. The van der Waals surface area contributed by atoms with Crippen molar-refractivity contribution in [3.8, 4) is 5.75 Å². The number of hydrogen-bond acceptors (Lipinski definition) is 7. The molecule has 1 atom stereocenters. The minimum atomic E-state index is -0.102. The molecule has 1 unspecified atom stereocenters. The molecule has 0 aliphatic carbocycles. The highest BCUT2D eigenvalue weighted by Crippen LogP contribution is 2.14. The van der Waals surface area contributed by atoms with Gasteiger partial charge in [-0.05, 0) is 49.1 Å². The van der Waals surface area contributed by atoms with E-state index in [4.69, 9.17) is 4.74 Å². The number of ether oxygens (including phenoxy) is 1. The molecule has 1 saturated heterocycles. The van der Waals surface area contributed by atoms with E-state index >= 15 is 0 Å². The Kier molecular flexibility index (Phi) is 16.1. The van der Waals surface area contributed by atoms with Crippen LogP contribution in [0.25, 0.3) is 0 Å². The van der Waals surface area contributed by atoms with Gasteiger partial charge < -0.3 is 20.7 Å². The summed E-state index contributed by atoms with van der Waals surface area (Å²) >= 11 is 0. The van der Waals surface area contributed by atoms with Crippen LogP contribution in [0.15, 0.2) is 54.6 Å². The van der Waals surface area contributed by atoms with Crippen LogP contribution < -0.4 is 37.1 Å². The van der Waals surface area contributed by atoms with Gasteiger partial charge in [0.15, 0.2) is 0 Å². The summed E-state index contributed by atoms with van der Waals surface area (Å²) in [5.41, 5.74) is 10.7. The maximum atomic E-state index is 12.3. The predicted molar refractivity (Wildman–Crippen MR) is 165 cm³/mol. The molecular formula is C32H48N6O4. The Hall–Kier alpha value is -3.47. The number of hydrogen-bond donors (Lipinski definition) is 6. The van der Waals surface area contributed by atoms with Crippen LogP contribution >= 0.6 is 0 Å². The molecule has 42 heavy (non-hydrogen) atoms. The van der Waals surface area contributed by atoms with Crippen LogP contribution in [0.3, 0.4) is 0 Å². The van der Waals surface area contributed by atoms with E-state index in [9.17, 15) is 14.4 Å². The molecule has 230 valence electrons. The van der Waals surface area contributed by atoms with Crippen LogP contribution in [-0.4, -0.2) is 50.5 Å². The van der Waals surface area contributed by atoms with Crippen LogP contribution in [0.2, 0.25) is 0 Å². The SMILES string of the molecule is O=C(CCCCCCCCCCC(=O)NCCOc1ccccc1)NCCCNC(=O)c1ccc(C2CNNN2)cc1. The molecular weight excluding hydrogens is 532 g/mol. The molecule has 1 aliphatic rings. The maximum absolute atomic E-state index is 12.3. The van der Waals surface area contributed by atoms with Crippen molar-refractivity contribution >= 4 is 17.7 Å². The van der Waals surface area contributed by atoms with Gasteiger partial charge in [0.2, 0.25) is 11.8 Å². The van der Waals surface area contributed by atoms with Gasteiger partial charge in [-0.1, -0.05) is 68.9 Å². The Morgan fingerprint density at radius 3 is 1.90 bits per heavy atom. The first-order chi connectivity index (χ1) is 20.6. The summed E-state index contributed by atoms with van der Waals surface area (Å²) < 4.78 is 5.57. The second-order valence-electron chi connectivity index (χ2n) is 10.6. The van der Waals surface area contributed by atoms with Gasteiger partial charge in [0, 0.05) is 38.0 Å². The summed E-state index contributed by atoms with van der Waals surface area (Å²) in [6, 6.07) is 17.4. The van der Waals surface area contributed by atoms with Gasteiger partial charge in [0.25, 0.3) is 5.91 Å². The highest BCUT2D eigenvalue weighted by Gasteiger charge is 2.15. The zero-order chi connectivity index (χ0) is 29.7. The number of rotatable bonds is 21.